The van der Waals surface area contributed by atoms with E-state index in [9.17, 15) is 4.79 Å². The van der Waals surface area contributed by atoms with Crippen molar-refractivity contribution in [3.8, 4) is 0 Å². The minimum Gasteiger partial charge on any atom is -0.481 e. The minimum atomic E-state index is -0.823. The lowest BCUT2D eigenvalue weighted by Gasteiger charge is -2.01. The number of nitrogens with zero attached hydrogens (tertiary/aromatic N) is 1. The molecule has 0 aromatic heterocycles. The minimum absolute atomic E-state index is 0.00240. The predicted molar refractivity (Wildman–Crippen MR) is 42.1 cm³/mol. The summed E-state index contributed by atoms with van der Waals surface area (Å²) in [5.74, 6) is -1.21. The fourth-order valence-electron chi connectivity index (χ4n) is 0.511. The molecule has 0 spiro atoms. The first-order valence-electron chi connectivity index (χ1n) is 3.32. The summed E-state index contributed by atoms with van der Waals surface area (Å²) in [6.07, 6.45) is 0.466. The zero-order chi connectivity index (χ0) is 8.85. The van der Waals surface area contributed by atoms with E-state index in [1.54, 1.807) is 6.92 Å². The molecule has 1 atom stereocenters. The lowest BCUT2D eigenvalue weighted by Crippen LogP contribution is -2.23. The first-order valence-corrected chi connectivity index (χ1v) is 3.32. The Morgan fingerprint density at radius 3 is 2.55 bits per heavy atom. The van der Waals surface area contributed by atoms with E-state index in [1.807, 2.05) is 0 Å². The maximum Gasteiger partial charge on any atom is 0.306 e. The quantitative estimate of drug-likeness (QED) is 0.375. The van der Waals surface area contributed by atoms with Gasteiger partial charge < -0.3 is 16.6 Å². The number of aliphatic imine (C=N–C) groups is 1. The van der Waals surface area contributed by atoms with Gasteiger partial charge in [-0.1, -0.05) is 6.92 Å². The molecule has 0 amide bonds. The molecule has 0 fully saturated rings. The Bertz CT molecular complexity index is 163. The monoisotopic (exact) mass is 159 g/mol. The molecule has 64 valence electrons. The first-order chi connectivity index (χ1) is 5.04. The summed E-state index contributed by atoms with van der Waals surface area (Å²) >= 11 is 0. The molecule has 0 saturated heterocycles. The number of aliphatic carboxylic acids is 1. The van der Waals surface area contributed by atoms with E-state index in [4.69, 9.17) is 16.6 Å². The zero-order valence-electron chi connectivity index (χ0n) is 6.45. The number of carboxylic acid groups (broad SMARTS) is 1. The third-order valence-corrected chi connectivity index (χ3v) is 1.28. The van der Waals surface area contributed by atoms with Crippen molar-refractivity contribution in [2.24, 2.45) is 22.4 Å². The van der Waals surface area contributed by atoms with Crippen LogP contribution in [0.15, 0.2) is 4.99 Å². The number of carboxylic acids is 1. The van der Waals surface area contributed by atoms with Crippen molar-refractivity contribution in [2.75, 3.05) is 6.54 Å². The fourth-order valence-corrected chi connectivity index (χ4v) is 0.511. The molecule has 0 saturated carbocycles. The highest BCUT2D eigenvalue weighted by Crippen LogP contribution is 2.00. The number of carbonyl (C=O) groups is 1. The molecule has 0 aromatic carbocycles. The van der Waals surface area contributed by atoms with Crippen LogP contribution in [-0.4, -0.2) is 23.6 Å². The molecule has 5 nitrogen and oxygen atoms in total. The molecule has 0 aliphatic heterocycles. The predicted octanol–water partition coefficient (Wildman–Crippen LogP) is -0.629. The Labute approximate surface area is 65.1 Å². The Kier molecular flexibility index (Phi) is 4.02. The van der Waals surface area contributed by atoms with Crippen molar-refractivity contribution in [1.29, 1.82) is 0 Å². The van der Waals surface area contributed by atoms with Gasteiger partial charge in [0.05, 0.1) is 5.92 Å². The zero-order valence-corrected chi connectivity index (χ0v) is 6.45. The maximum atomic E-state index is 10.3. The van der Waals surface area contributed by atoms with E-state index in [-0.39, 0.29) is 5.96 Å². The Balaban J connectivity index is 3.55. The van der Waals surface area contributed by atoms with Crippen LogP contribution < -0.4 is 11.5 Å². The van der Waals surface area contributed by atoms with Crippen LogP contribution in [0.4, 0.5) is 0 Å². The Morgan fingerprint density at radius 2 is 2.18 bits per heavy atom. The molecule has 0 radical (unpaired) electrons. The number of hydrogen-bond donors (Lipinski definition) is 3. The summed E-state index contributed by atoms with van der Waals surface area (Å²) in [6, 6.07) is 0. The molecule has 0 rings (SSSR count). The molecular weight excluding hydrogens is 146 g/mol. The van der Waals surface area contributed by atoms with Crippen molar-refractivity contribution < 1.29 is 9.90 Å². The van der Waals surface area contributed by atoms with E-state index in [0.717, 1.165) is 0 Å². The standard InChI is InChI=1S/C6H13N3O2/c1-4(5(10)11)2-3-9-6(7)8/h4H,2-3H2,1H3,(H,10,11)(H4,7,8,9). The molecule has 0 heterocycles. The summed E-state index contributed by atoms with van der Waals surface area (Å²) in [7, 11) is 0. The van der Waals surface area contributed by atoms with Crippen LogP contribution in [-0.2, 0) is 4.79 Å². The van der Waals surface area contributed by atoms with Gasteiger partial charge in [0.25, 0.3) is 0 Å². The number of nitrogens with two attached hydrogens (primary N) is 2. The van der Waals surface area contributed by atoms with Gasteiger partial charge >= 0.3 is 5.97 Å². The van der Waals surface area contributed by atoms with Crippen LogP contribution in [0.25, 0.3) is 0 Å². The molecule has 0 bridgehead atoms. The Morgan fingerprint density at radius 1 is 1.64 bits per heavy atom. The van der Waals surface area contributed by atoms with E-state index in [2.05, 4.69) is 4.99 Å². The smallest absolute Gasteiger partial charge is 0.306 e. The number of rotatable bonds is 4. The normalized spacial score (nSPS) is 12.1. The highest BCUT2D eigenvalue weighted by Gasteiger charge is 2.08. The summed E-state index contributed by atoms with van der Waals surface area (Å²) in [5, 5.41) is 8.44. The van der Waals surface area contributed by atoms with Gasteiger partial charge in [-0.15, -0.1) is 0 Å². The van der Waals surface area contributed by atoms with Crippen molar-refractivity contribution in [3.63, 3.8) is 0 Å². The molecule has 0 aliphatic carbocycles. The number of guanidine groups is 1. The van der Waals surface area contributed by atoms with Gasteiger partial charge in [0.15, 0.2) is 5.96 Å². The second-order valence-electron chi connectivity index (χ2n) is 2.33. The van der Waals surface area contributed by atoms with Crippen molar-refractivity contribution in [3.05, 3.63) is 0 Å². The van der Waals surface area contributed by atoms with Gasteiger partial charge in [-0.3, -0.25) is 9.79 Å². The van der Waals surface area contributed by atoms with Crippen LogP contribution >= 0.6 is 0 Å². The maximum absolute atomic E-state index is 10.3. The van der Waals surface area contributed by atoms with Crippen molar-refractivity contribution in [2.45, 2.75) is 13.3 Å². The third-order valence-electron chi connectivity index (χ3n) is 1.28. The second kappa shape index (κ2) is 4.54. The van der Waals surface area contributed by atoms with Crippen LogP contribution in [0.5, 0.6) is 0 Å². The van der Waals surface area contributed by atoms with Crippen molar-refractivity contribution in [1.82, 2.24) is 0 Å². The first kappa shape index (κ1) is 9.74. The van der Waals surface area contributed by atoms with Crippen LogP contribution in [0.3, 0.4) is 0 Å². The summed E-state index contributed by atoms with van der Waals surface area (Å²) in [4.78, 5) is 13.9. The van der Waals surface area contributed by atoms with Gasteiger partial charge in [0.1, 0.15) is 0 Å². The summed E-state index contributed by atoms with van der Waals surface area (Å²) < 4.78 is 0. The van der Waals surface area contributed by atoms with Gasteiger partial charge in [0.2, 0.25) is 0 Å². The van der Waals surface area contributed by atoms with Crippen molar-refractivity contribution >= 4 is 11.9 Å². The summed E-state index contributed by atoms with van der Waals surface area (Å²) in [6.45, 7) is 1.99. The highest BCUT2D eigenvalue weighted by molar-refractivity contribution is 5.75. The highest BCUT2D eigenvalue weighted by atomic mass is 16.4. The summed E-state index contributed by atoms with van der Waals surface area (Å²) in [5.41, 5.74) is 10.1. The van der Waals surface area contributed by atoms with Crippen LogP contribution in [0.2, 0.25) is 0 Å². The topological polar surface area (TPSA) is 102 Å². The van der Waals surface area contributed by atoms with E-state index in [1.165, 1.54) is 0 Å². The van der Waals surface area contributed by atoms with E-state index in [0.29, 0.717) is 13.0 Å². The molecular formula is C6H13N3O2. The van der Waals surface area contributed by atoms with Gasteiger partial charge in [-0.05, 0) is 6.42 Å². The average Bonchev–Trinajstić information content (AvgIpc) is 1.86. The lowest BCUT2D eigenvalue weighted by molar-refractivity contribution is -0.141. The SMILES string of the molecule is CC(CCN=C(N)N)C(=O)O. The molecule has 5 N–H and O–H groups in total. The van der Waals surface area contributed by atoms with Crippen LogP contribution in [0.1, 0.15) is 13.3 Å². The van der Waals surface area contributed by atoms with Crippen LogP contribution in [0, 0.1) is 5.92 Å². The van der Waals surface area contributed by atoms with Gasteiger partial charge in [-0.25, -0.2) is 0 Å². The molecule has 0 aromatic rings. The second-order valence-corrected chi connectivity index (χ2v) is 2.33. The fraction of sp³-hybridized carbons (Fsp3) is 0.667. The molecule has 11 heavy (non-hydrogen) atoms. The largest absolute Gasteiger partial charge is 0.481 e. The average molecular weight is 159 g/mol. The van der Waals surface area contributed by atoms with E-state index >= 15 is 0 Å². The van der Waals surface area contributed by atoms with Gasteiger partial charge in [0, 0.05) is 6.54 Å². The lowest BCUT2D eigenvalue weighted by atomic mass is 10.1. The molecule has 0 aliphatic rings. The Hall–Kier alpha value is -1.26. The number of hydrogen-bond acceptors (Lipinski definition) is 2. The molecule has 5 heteroatoms. The third kappa shape index (κ3) is 5.20. The van der Waals surface area contributed by atoms with E-state index < -0.39 is 11.9 Å². The molecule has 1 unspecified atom stereocenters. The van der Waals surface area contributed by atoms with Gasteiger partial charge in [-0.2, -0.15) is 0 Å².